The summed E-state index contributed by atoms with van der Waals surface area (Å²) < 4.78 is 37.4. The molecule has 0 aliphatic rings. The van der Waals surface area contributed by atoms with E-state index < -0.39 is 11.6 Å². The van der Waals surface area contributed by atoms with Crippen LogP contribution in [0.1, 0.15) is 5.56 Å². The topological polar surface area (TPSA) is 44.5 Å². The van der Waals surface area contributed by atoms with E-state index in [0.29, 0.717) is 17.0 Å². The van der Waals surface area contributed by atoms with Crippen molar-refractivity contribution in [2.24, 2.45) is 0 Å². The monoisotopic (exact) mass is 343 g/mol. The van der Waals surface area contributed by atoms with E-state index in [-0.39, 0.29) is 16.8 Å². The smallest absolute Gasteiger partial charge is 0.169 e. The molecule has 2 aromatic rings. The molecule has 0 aliphatic carbocycles. The van der Waals surface area contributed by atoms with Crippen molar-refractivity contribution in [3.8, 4) is 11.5 Å². The van der Waals surface area contributed by atoms with E-state index in [2.05, 4.69) is 15.9 Å². The quantitative estimate of drug-likeness (QED) is 0.856. The Morgan fingerprint density at radius 1 is 1.20 bits per heavy atom. The molecule has 3 nitrogen and oxygen atoms in total. The molecule has 0 saturated heterocycles. The minimum atomic E-state index is -0.772. The molecule has 0 fully saturated rings. The fourth-order valence-electron chi connectivity index (χ4n) is 1.70. The van der Waals surface area contributed by atoms with Gasteiger partial charge in [0.05, 0.1) is 11.6 Å². The molecule has 0 aliphatic heterocycles. The van der Waals surface area contributed by atoms with Crippen molar-refractivity contribution in [2.45, 2.75) is 6.61 Å². The van der Waals surface area contributed by atoms with E-state index >= 15 is 0 Å². The molecule has 6 heteroatoms. The first-order valence-electron chi connectivity index (χ1n) is 5.71. The van der Waals surface area contributed by atoms with Crippen LogP contribution in [-0.2, 0) is 6.61 Å². The van der Waals surface area contributed by atoms with E-state index in [0.717, 1.165) is 12.1 Å². The van der Waals surface area contributed by atoms with Crippen LogP contribution in [0.4, 0.5) is 14.5 Å². The average molecular weight is 344 g/mol. The minimum Gasteiger partial charge on any atom is -0.496 e. The lowest BCUT2D eigenvalue weighted by atomic mass is 10.2. The van der Waals surface area contributed by atoms with Gasteiger partial charge in [-0.1, -0.05) is 0 Å². The van der Waals surface area contributed by atoms with E-state index in [1.807, 2.05) is 0 Å². The SMILES string of the molecule is COc1cc(N)ccc1COc1c(F)cc(F)cc1Br. The second kappa shape index (κ2) is 6.09. The normalized spacial score (nSPS) is 10.4. The van der Waals surface area contributed by atoms with Gasteiger partial charge in [-0.25, -0.2) is 8.78 Å². The summed E-state index contributed by atoms with van der Waals surface area (Å²) in [6, 6.07) is 6.97. The highest BCUT2D eigenvalue weighted by Gasteiger charge is 2.12. The summed E-state index contributed by atoms with van der Waals surface area (Å²) in [4.78, 5) is 0. The summed E-state index contributed by atoms with van der Waals surface area (Å²) in [5.74, 6) is -0.952. The molecule has 20 heavy (non-hydrogen) atoms. The van der Waals surface area contributed by atoms with Crippen molar-refractivity contribution in [1.82, 2.24) is 0 Å². The number of benzene rings is 2. The van der Waals surface area contributed by atoms with Crippen LogP contribution < -0.4 is 15.2 Å². The highest BCUT2D eigenvalue weighted by Crippen LogP contribution is 2.31. The Kier molecular flexibility index (Phi) is 4.44. The van der Waals surface area contributed by atoms with Gasteiger partial charge < -0.3 is 15.2 Å². The fourth-order valence-corrected chi connectivity index (χ4v) is 2.22. The summed E-state index contributed by atoms with van der Waals surface area (Å²) in [6.07, 6.45) is 0. The first kappa shape index (κ1) is 14.6. The lowest BCUT2D eigenvalue weighted by Crippen LogP contribution is -2.02. The first-order chi connectivity index (χ1) is 9.51. The zero-order chi connectivity index (χ0) is 14.7. The minimum absolute atomic E-state index is 0.0507. The van der Waals surface area contributed by atoms with E-state index in [1.165, 1.54) is 7.11 Å². The molecule has 0 unspecified atom stereocenters. The number of nitrogens with two attached hydrogens (primary N) is 1. The van der Waals surface area contributed by atoms with Crippen molar-refractivity contribution in [2.75, 3.05) is 12.8 Å². The van der Waals surface area contributed by atoms with Crippen LogP contribution in [0.2, 0.25) is 0 Å². The zero-order valence-corrected chi connectivity index (χ0v) is 12.2. The van der Waals surface area contributed by atoms with Crippen LogP contribution in [-0.4, -0.2) is 7.11 Å². The second-order valence-electron chi connectivity index (χ2n) is 4.06. The molecule has 0 saturated carbocycles. The Hall–Kier alpha value is -1.82. The van der Waals surface area contributed by atoms with Gasteiger partial charge >= 0.3 is 0 Å². The van der Waals surface area contributed by atoms with Crippen LogP contribution >= 0.6 is 15.9 Å². The van der Waals surface area contributed by atoms with Gasteiger partial charge in [0, 0.05) is 23.4 Å². The molecule has 0 spiro atoms. The number of nitrogen functional groups attached to an aromatic ring is 1. The molecule has 0 aromatic heterocycles. The third-order valence-corrected chi connectivity index (χ3v) is 3.24. The number of hydrogen-bond acceptors (Lipinski definition) is 3. The maximum absolute atomic E-state index is 13.6. The van der Waals surface area contributed by atoms with Gasteiger partial charge in [-0.2, -0.15) is 0 Å². The molecular weight excluding hydrogens is 332 g/mol. The summed E-state index contributed by atoms with van der Waals surface area (Å²) in [5.41, 5.74) is 6.91. The third-order valence-electron chi connectivity index (χ3n) is 2.65. The van der Waals surface area contributed by atoms with Crippen LogP contribution in [0, 0.1) is 11.6 Å². The number of halogens is 3. The Balaban J connectivity index is 2.21. The summed E-state index contributed by atoms with van der Waals surface area (Å²) in [5, 5.41) is 0. The van der Waals surface area contributed by atoms with Crippen molar-refractivity contribution in [1.29, 1.82) is 0 Å². The third kappa shape index (κ3) is 3.19. The highest BCUT2D eigenvalue weighted by atomic mass is 79.9. The van der Waals surface area contributed by atoms with E-state index in [1.54, 1.807) is 18.2 Å². The molecular formula is C14H12BrF2NO2. The van der Waals surface area contributed by atoms with Gasteiger partial charge in [0.2, 0.25) is 0 Å². The van der Waals surface area contributed by atoms with Gasteiger partial charge in [-0.05, 0) is 34.1 Å². The molecule has 2 N–H and O–H groups in total. The molecule has 0 atom stereocenters. The Morgan fingerprint density at radius 3 is 2.60 bits per heavy atom. The number of methoxy groups -OCH3 is 1. The first-order valence-corrected chi connectivity index (χ1v) is 6.50. The molecule has 2 aromatic carbocycles. The van der Waals surface area contributed by atoms with Crippen LogP contribution in [0.25, 0.3) is 0 Å². The lowest BCUT2D eigenvalue weighted by Gasteiger charge is -2.12. The van der Waals surface area contributed by atoms with Crippen LogP contribution in [0.15, 0.2) is 34.8 Å². The molecule has 0 bridgehead atoms. The Labute approximate surface area is 123 Å². The van der Waals surface area contributed by atoms with E-state index in [9.17, 15) is 8.78 Å². The molecule has 0 amide bonds. The van der Waals surface area contributed by atoms with Gasteiger partial charge in [-0.3, -0.25) is 0 Å². The van der Waals surface area contributed by atoms with Gasteiger partial charge in [-0.15, -0.1) is 0 Å². The van der Waals surface area contributed by atoms with Crippen molar-refractivity contribution < 1.29 is 18.3 Å². The standard InChI is InChI=1S/C14H12BrF2NO2/c1-19-13-6-10(18)3-2-8(13)7-20-14-11(15)4-9(16)5-12(14)17/h2-6H,7,18H2,1H3. The largest absolute Gasteiger partial charge is 0.496 e. The lowest BCUT2D eigenvalue weighted by molar-refractivity contribution is 0.280. The van der Waals surface area contributed by atoms with Crippen LogP contribution in [0.5, 0.6) is 11.5 Å². The second-order valence-corrected chi connectivity index (χ2v) is 4.91. The van der Waals surface area contributed by atoms with Gasteiger partial charge in [0.15, 0.2) is 11.6 Å². The number of rotatable bonds is 4. The Bertz CT molecular complexity index is 612. The van der Waals surface area contributed by atoms with Crippen molar-refractivity contribution in [3.63, 3.8) is 0 Å². The summed E-state index contributed by atoms with van der Waals surface area (Å²) in [6.45, 7) is 0.0740. The molecule has 0 heterocycles. The predicted molar refractivity (Wildman–Crippen MR) is 75.8 cm³/mol. The molecule has 2 rings (SSSR count). The number of ether oxygens (including phenoxy) is 2. The van der Waals surface area contributed by atoms with Crippen molar-refractivity contribution in [3.05, 3.63) is 52.0 Å². The molecule has 0 radical (unpaired) electrons. The fraction of sp³-hybridized carbons (Fsp3) is 0.143. The van der Waals surface area contributed by atoms with Crippen molar-refractivity contribution >= 4 is 21.6 Å². The molecule has 106 valence electrons. The maximum Gasteiger partial charge on any atom is 0.169 e. The summed E-state index contributed by atoms with van der Waals surface area (Å²) >= 11 is 3.06. The predicted octanol–water partition coefficient (Wildman–Crippen LogP) is 3.90. The maximum atomic E-state index is 13.6. The summed E-state index contributed by atoms with van der Waals surface area (Å²) in [7, 11) is 1.51. The number of anilines is 1. The van der Waals surface area contributed by atoms with E-state index in [4.69, 9.17) is 15.2 Å². The highest BCUT2D eigenvalue weighted by molar-refractivity contribution is 9.10. The van der Waals surface area contributed by atoms with Crippen LogP contribution in [0.3, 0.4) is 0 Å². The van der Waals surface area contributed by atoms with Gasteiger partial charge in [0.1, 0.15) is 18.2 Å². The average Bonchev–Trinajstić information content (AvgIpc) is 2.38. The zero-order valence-electron chi connectivity index (χ0n) is 10.6. The number of hydrogen-bond donors (Lipinski definition) is 1. The Morgan fingerprint density at radius 2 is 1.95 bits per heavy atom. The van der Waals surface area contributed by atoms with Gasteiger partial charge in [0.25, 0.3) is 0 Å².